The molecule has 0 aliphatic carbocycles. The van der Waals surface area contributed by atoms with Gasteiger partial charge in [0.1, 0.15) is 0 Å². The summed E-state index contributed by atoms with van der Waals surface area (Å²) in [6.07, 6.45) is -3.14. The SMILES string of the molecule is O=C(CSc1nnc2c(Cl)cc(Cl)cn12)Nc1c(Cl)cccc1C(F)(F)F. The van der Waals surface area contributed by atoms with Crippen molar-refractivity contribution in [1.82, 2.24) is 14.6 Å². The third-order valence-electron chi connectivity index (χ3n) is 3.31. The maximum absolute atomic E-state index is 13.1. The molecule has 2 aromatic heterocycles. The molecule has 3 rings (SSSR count). The highest BCUT2D eigenvalue weighted by atomic mass is 35.5. The van der Waals surface area contributed by atoms with Crippen molar-refractivity contribution in [3.05, 3.63) is 51.1 Å². The highest BCUT2D eigenvalue weighted by Crippen LogP contribution is 2.38. The lowest BCUT2D eigenvalue weighted by Crippen LogP contribution is -2.18. The number of amides is 1. The van der Waals surface area contributed by atoms with Crippen LogP contribution in [0.15, 0.2) is 35.6 Å². The summed E-state index contributed by atoms with van der Waals surface area (Å²) < 4.78 is 40.7. The molecule has 0 aliphatic heterocycles. The minimum atomic E-state index is -4.66. The van der Waals surface area contributed by atoms with Gasteiger partial charge in [-0.1, -0.05) is 52.6 Å². The second-order valence-corrected chi connectivity index (χ2v) is 7.37. The standard InChI is InChI=1S/C15H8Cl3F3N4OS/c16-7-4-10(18)13-23-24-14(25(13)5-7)27-6-11(26)22-12-8(15(19,20)21)2-1-3-9(12)17/h1-5H,6H2,(H,22,26). The summed E-state index contributed by atoms with van der Waals surface area (Å²) in [5.41, 5.74) is -1.18. The number of pyridine rings is 1. The summed E-state index contributed by atoms with van der Waals surface area (Å²) in [7, 11) is 0. The van der Waals surface area contributed by atoms with Gasteiger partial charge in [0.15, 0.2) is 10.8 Å². The van der Waals surface area contributed by atoms with Crippen LogP contribution in [0.5, 0.6) is 0 Å². The number of nitrogens with zero attached hydrogens (tertiary/aromatic N) is 3. The number of aromatic nitrogens is 3. The predicted molar refractivity (Wildman–Crippen MR) is 98.8 cm³/mol. The van der Waals surface area contributed by atoms with E-state index in [2.05, 4.69) is 15.5 Å². The van der Waals surface area contributed by atoms with E-state index in [0.29, 0.717) is 15.8 Å². The van der Waals surface area contributed by atoms with Crippen LogP contribution < -0.4 is 5.32 Å². The third kappa shape index (κ3) is 4.43. The van der Waals surface area contributed by atoms with Crippen LogP contribution in [0.1, 0.15) is 5.56 Å². The zero-order chi connectivity index (χ0) is 19.8. The first-order valence-electron chi connectivity index (χ1n) is 7.15. The van der Waals surface area contributed by atoms with Crippen molar-refractivity contribution in [3.63, 3.8) is 0 Å². The van der Waals surface area contributed by atoms with E-state index in [4.69, 9.17) is 34.8 Å². The molecule has 0 saturated carbocycles. The van der Waals surface area contributed by atoms with E-state index in [9.17, 15) is 18.0 Å². The Hall–Kier alpha value is -1.68. The van der Waals surface area contributed by atoms with Gasteiger partial charge in [-0.25, -0.2) is 0 Å². The van der Waals surface area contributed by atoms with Gasteiger partial charge in [0.2, 0.25) is 5.91 Å². The van der Waals surface area contributed by atoms with Crippen molar-refractivity contribution < 1.29 is 18.0 Å². The van der Waals surface area contributed by atoms with Crippen LogP contribution in [0.25, 0.3) is 5.65 Å². The number of anilines is 1. The Labute approximate surface area is 169 Å². The van der Waals surface area contributed by atoms with Gasteiger partial charge >= 0.3 is 6.18 Å². The normalized spacial score (nSPS) is 11.8. The first-order valence-corrected chi connectivity index (χ1v) is 9.27. The van der Waals surface area contributed by atoms with Gasteiger partial charge in [-0.05, 0) is 18.2 Å². The molecule has 0 bridgehead atoms. The van der Waals surface area contributed by atoms with E-state index in [-0.39, 0.29) is 15.8 Å². The maximum Gasteiger partial charge on any atom is 0.418 e. The molecule has 0 aliphatic rings. The molecule has 0 atom stereocenters. The summed E-state index contributed by atoms with van der Waals surface area (Å²) in [6.45, 7) is 0. The number of benzene rings is 1. The largest absolute Gasteiger partial charge is 0.418 e. The van der Waals surface area contributed by atoms with Crippen molar-refractivity contribution >= 4 is 63.8 Å². The van der Waals surface area contributed by atoms with Crippen LogP contribution in [0.4, 0.5) is 18.9 Å². The summed E-state index contributed by atoms with van der Waals surface area (Å²) in [4.78, 5) is 12.1. The molecule has 142 valence electrons. The fraction of sp³-hybridized carbons (Fsp3) is 0.133. The summed E-state index contributed by atoms with van der Waals surface area (Å²) in [6, 6.07) is 4.75. The summed E-state index contributed by atoms with van der Waals surface area (Å²) >= 11 is 18.7. The van der Waals surface area contributed by atoms with Crippen molar-refractivity contribution in [3.8, 4) is 0 Å². The fourth-order valence-corrected chi connectivity index (χ4v) is 3.63. The monoisotopic (exact) mass is 454 g/mol. The molecule has 1 amide bonds. The van der Waals surface area contributed by atoms with Crippen molar-refractivity contribution in [1.29, 1.82) is 0 Å². The molecular formula is C15H8Cl3F3N4OS. The van der Waals surface area contributed by atoms with Gasteiger partial charge in [0.25, 0.3) is 0 Å². The topological polar surface area (TPSA) is 59.3 Å². The van der Waals surface area contributed by atoms with Crippen LogP contribution in [-0.4, -0.2) is 26.3 Å². The average molecular weight is 456 g/mol. The number of hydrogen-bond acceptors (Lipinski definition) is 4. The number of halogens is 6. The zero-order valence-corrected chi connectivity index (χ0v) is 16.1. The number of nitrogens with one attached hydrogen (secondary N) is 1. The van der Waals surface area contributed by atoms with E-state index in [0.717, 1.165) is 23.9 Å². The number of carbonyl (C=O) groups is 1. The van der Waals surface area contributed by atoms with E-state index in [1.165, 1.54) is 22.7 Å². The molecule has 1 aromatic carbocycles. The molecule has 3 aromatic rings. The number of para-hydroxylation sites is 1. The lowest BCUT2D eigenvalue weighted by molar-refractivity contribution is -0.137. The molecule has 0 fully saturated rings. The van der Waals surface area contributed by atoms with Crippen LogP contribution >= 0.6 is 46.6 Å². The Kier molecular flexibility index (Phi) is 5.76. The van der Waals surface area contributed by atoms with Gasteiger partial charge < -0.3 is 5.32 Å². The van der Waals surface area contributed by atoms with Gasteiger partial charge in [-0.15, -0.1) is 10.2 Å². The quantitative estimate of drug-likeness (QED) is 0.532. The minimum absolute atomic E-state index is 0.213. The second kappa shape index (κ2) is 7.75. The molecule has 2 heterocycles. The molecule has 27 heavy (non-hydrogen) atoms. The molecule has 0 saturated heterocycles. The lowest BCUT2D eigenvalue weighted by atomic mass is 10.1. The minimum Gasteiger partial charge on any atom is -0.324 e. The lowest BCUT2D eigenvalue weighted by Gasteiger charge is -2.14. The van der Waals surface area contributed by atoms with E-state index in [1.54, 1.807) is 0 Å². The summed E-state index contributed by atoms with van der Waals surface area (Å²) in [5, 5.41) is 10.7. The maximum atomic E-state index is 13.1. The molecule has 0 radical (unpaired) electrons. The second-order valence-electron chi connectivity index (χ2n) is 5.18. The fourth-order valence-electron chi connectivity index (χ4n) is 2.19. The molecule has 1 N–H and O–H groups in total. The van der Waals surface area contributed by atoms with Crippen molar-refractivity contribution in [2.75, 3.05) is 11.1 Å². The van der Waals surface area contributed by atoms with Crippen LogP contribution in [0, 0.1) is 0 Å². The first-order chi connectivity index (χ1) is 12.7. The molecule has 0 spiro atoms. The predicted octanol–water partition coefficient (Wildman–Crippen LogP) is 5.44. The number of carbonyl (C=O) groups excluding carboxylic acids is 1. The molecule has 5 nitrogen and oxygen atoms in total. The van der Waals surface area contributed by atoms with Crippen molar-refractivity contribution in [2.45, 2.75) is 11.3 Å². The number of rotatable bonds is 4. The van der Waals surface area contributed by atoms with Crippen LogP contribution in [0.2, 0.25) is 15.1 Å². The Morgan fingerprint density at radius 3 is 2.63 bits per heavy atom. The van der Waals surface area contributed by atoms with E-state index in [1.807, 2.05) is 0 Å². The third-order valence-corrected chi connectivity index (χ3v) is 5.05. The van der Waals surface area contributed by atoms with E-state index < -0.39 is 23.3 Å². The molecule has 0 unspecified atom stereocenters. The van der Waals surface area contributed by atoms with Crippen molar-refractivity contribution in [2.24, 2.45) is 0 Å². The summed E-state index contributed by atoms with van der Waals surface area (Å²) in [5.74, 6) is -0.920. The average Bonchev–Trinajstić information content (AvgIpc) is 2.97. The van der Waals surface area contributed by atoms with Gasteiger partial charge in [0.05, 0.1) is 32.1 Å². The number of hydrogen-bond donors (Lipinski definition) is 1. The number of alkyl halides is 3. The van der Waals surface area contributed by atoms with Gasteiger partial charge in [-0.2, -0.15) is 13.2 Å². The zero-order valence-electron chi connectivity index (χ0n) is 13.0. The highest BCUT2D eigenvalue weighted by molar-refractivity contribution is 7.99. The first kappa shape index (κ1) is 20.1. The number of fused-ring (bicyclic) bond motifs is 1. The van der Waals surface area contributed by atoms with Crippen LogP contribution in [-0.2, 0) is 11.0 Å². The Morgan fingerprint density at radius 2 is 1.93 bits per heavy atom. The molecular weight excluding hydrogens is 448 g/mol. The van der Waals surface area contributed by atoms with Gasteiger partial charge in [0, 0.05) is 6.20 Å². The Morgan fingerprint density at radius 1 is 1.19 bits per heavy atom. The molecule has 12 heteroatoms. The van der Waals surface area contributed by atoms with Crippen LogP contribution in [0.3, 0.4) is 0 Å². The number of thioether (sulfide) groups is 1. The van der Waals surface area contributed by atoms with E-state index >= 15 is 0 Å². The van der Waals surface area contributed by atoms with Gasteiger partial charge in [-0.3, -0.25) is 9.20 Å². The highest BCUT2D eigenvalue weighted by Gasteiger charge is 2.34. The Bertz CT molecular complexity index is 1030. The Balaban J connectivity index is 1.77. The smallest absolute Gasteiger partial charge is 0.324 e.